The van der Waals surface area contributed by atoms with E-state index < -0.39 is 0 Å². The highest BCUT2D eigenvalue weighted by Crippen LogP contribution is 2.27. The Balaban J connectivity index is 1.87. The lowest BCUT2D eigenvalue weighted by Gasteiger charge is -2.37. The van der Waals surface area contributed by atoms with E-state index in [1.165, 1.54) is 0 Å². The van der Waals surface area contributed by atoms with Crippen LogP contribution in [-0.4, -0.2) is 49.6 Å². The number of likely N-dealkylation sites (tertiary alicyclic amines) is 1. The van der Waals surface area contributed by atoms with Gasteiger partial charge in [0.15, 0.2) is 0 Å². The van der Waals surface area contributed by atoms with E-state index >= 15 is 0 Å². The molecule has 2 amide bonds. The topological polar surface area (TPSA) is 58.6 Å². The van der Waals surface area contributed by atoms with E-state index in [2.05, 4.69) is 5.32 Å². The Hall–Kier alpha value is -1.10. The van der Waals surface area contributed by atoms with E-state index in [4.69, 9.17) is 4.74 Å². The predicted molar refractivity (Wildman–Crippen MR) is 53.1 cm³/mol. The molecule has 2 aliphatic rings. The number of ether oxygens (including phenoxy) is 1. The molecule has 5 nitrogen and oxygen atoms in total. The van der Waals surface area contributed by atoms with Crippen LogP contribution in [0.2, 0.25) is 0 Å². The fourth-order valence-electron chi connectivity index (χ4n) is 1.86. The zero-order chi connectivity index (χ0) is 11.1. The molecule has 2 heterocycles. The Morgan fingerprint density at radius 3 is 2.67 bits per heavy atom. The third-order valence-corrected chi connectivity index (χ3v) is 3.07. The molecular weight excluding hydrogens is 196 g/mol. The molecule has 0 radical (unpaired) electrons. The van der Waals surface area contributed by atoms with Gasteiger partial charge in [-0.2, -0.15) is 0 Å². The van der Waals surface area contributed by atoms with Crippen LogP contribution in [0.5, 0.6) is 0 Å². The molecule has 2 saturated heterocycles. The Kier molecular flexibility index (Phi) is 2.42. The summed E-state index contributed by atoms with van der Waals surface area (Å²) in [6, 6.07) is -0.0348. The predicted octanol–water partition coefficient (Wildman–Crippen LogP) is -0.630. The zero-order valence-electron chi connectivity index (χ0n) is 9.08. The number of amides is 2. The molecule has 0 aromatic carbocycles. The largest absolute Gasteiger partial charge is 0.379 e. The number of rotatable bonds is 2. The van der Waals surface area contributed by atoms with Crippen LogP contribution in [-0.2, 0) is 14.3 Å². The lowest BCUT2D eigenvalue weighted by molar-refractivity contribution is -0.158. The minimum absolute atomic E-state index is 0.00171. The van der Waals surface area contributed by atoms with Gasteiger partial charge in [0, 0.05) is 20.0 Å². The standard InChI is InChI=1S/C10H16N2O3/c1-10(5-15-6-10)9(14)11-7-3-8(13)12(2)4-7/h7H,3-6H2,1-2H3,(H,11,14)/t7-/m1/s1. The first kappa shape index (κ1) is 10.4. The molecule has 5 heteroatoms. The summed E-state index contributed by atoms with van der Waals surface area (Å²) in [7, 11) is 1.75. The van der Waals surface area contributed by atoms with E-state index in [-0.39, 0.29) is 23.3 Å². The molecule has 0 unspecified atom stereocenters. The molecule has 2 fully saturated rings. The van der Waals surface area contributed by atoms with Gasteiger partial charge in [-0.05, 0) is 6.92 Å². The van der Waals surface area contributed by atoms with Crippen LogP contribution >= 0.6 is 0 Å². The van der Waals surface area contributed by atoms with Gasteiger partial charge in [-0.1, -0.05) is 0 Å². The molecule has 0 aromatic rings. The fraction of sp³-hybridized carbons (Fsp3) is 0.800. The van der Waals surface area contributed by atoms with E-state index in [9.17, 15) is 9.59 Å². The quantitative estimate of drug-likeness (QED) is 0.663. The molecule has 1 atom stereocenters. The second-order valence-corrected chi connectivity index (χ2v) is 4.70. The highest BCUT2D eigenvalue weighted by atomic mass is 16.5. The zero-order valence-corrected chi connectivity index (χ0v) is 9.08. The number of nitrogens with one attached hydrogen (secondary N) is 1. The number of likely N-dealkylation sites (N-methyl/N-ethyl adjacent to an activating group) is 1. The molecule has 2 aliphatic heterocycles. The molecule has 84 valence electrons. The molecule has 2 rings (SSSR count). The van der Waals surface area contributed by atoms with E-state index in [0.29, 0.717) is 26.2 Å². The average Bonchev–Trinajstić information content (AvgIpc) is 2.41. The molecule has 0 bridgehead atoms. The normalized spacial score (nSPS) is 28.8. The molecule has 0 spiro atoms. The van der Waals surface area contributed by atoms with Crippen LogP contribution < -0.4 is 5.32 Å². The maximum Gasteiger partial charge on any atom is 0.230 e. The summed E-state index contributed by atoms with van der Waals surface area (Å²) in [5, 5.41) is 2.90. The lowest BCUT2D eigenvalue weighted by atomic mass is 9.87. The minimum atomic E-state index is -0.385. The maximum atomic E-state index is 11.8. The first-order chi connectivity index (χ1) is 7.01. The second-order valence-electron chi connectivity index (χ2n) is 4.70. The van der Waals surface area contributed by atoms with Gasteiger partial charge in [-0.15, -0.1) is 0 Å². The first-order valence-electron chi connectivity index (χ1n) is 5.14. The van der Waals surface area contributed by atoms with Crippen molar-refractivity contribution in [2.24, 2.45) is 5.41 Å². The SMILES string of the molecule is CN1C[C@H](NC(=O)C2(C)COC2)CC1=O. The van der Waals surface area contributed by atoms with Crippen molar-refractivity contribution in [2.45, 2.75) is 19.4 Å². The summed E-state index contributed by atoms with van der Waals surface area (Å²) >= 11 is 0. The highest BCUT2D eigenvalue weighted by molar-refractivity contribution is 5.85. The van der Waals surface area contributed by atoms with Crippen molar-refractivity contribution in [2.75, 3.05) is 26.8 Å². The molecule has 0 aromatic heterocycles. The number of hydrogen-bond acceptors (Lipinski definition) is 3. The monoisotopic (exact) mass is 212 g/mol. The van der Waals surface area contributed by atoms with E-state index in [1.54, 1.807) is 11.9 Å². The molecule has 15 heavy (non-hydrogen) atoms. The fourth-order valence-corrected chi connectivity index (χ4v) is 1.86. The van der Waals surface area contributed by atoms with Crippen molar-refractivity contribution in [1.29, 1.82) is 0 Å². The summed E-state index contributed by atoms with van der Waals surface area (Å²) in [6.07, 6.45) is 0.416. The molecule has 0 saturated carbocycles. The number of carbonyl (C=O) groups is 2. The van der Waals surface area contributed by atoms with Crippen molar-refractivity contribution in [3.63, 3.8) is 0 Å². The summed E-state index contributed by atoms with van der Waals surface area (Å²) in [4.78, 5) is 24.7. The third kappa shape index (κ3) is 1.84. The summed E-state index contributed by atoms with van der Waals surface area (Å²) in [6.45, 7) is 3.46. The van der Waals surface area contributed by atoms with Crippen LogP contribution in [0.15, 0.2) is 0 Å². The van der Waals surface area contributed by atoms with Gasteiger partial charge in [-0.3, -0.25) is 9.59 Å². The van der Waals surface area contributed by atoms with Gasteiger partial charge in [-0.25, -0.2) is 0 Å². The third-order valence-electron chi connectivity index (χ3n) is 3.07. The Morgan fingerprint density at radius 2 is 2.27 bits per heavy atom. The summed E-state index contributed by atoms with van der Waals surface area (Å²) < 4.78 is 5.03. The van der Waals surface area contributed by atoms with E-state index in [1.807, 2.05) is 6.92 Å². The number of carbonyl (C=O) groups excluding carboxylic acids is 2. The van der Waals surface area contributed by atoms with Crippen molar-refractivity contribution in [3.8, 4) is 0 Å². The van der Waals surface area contributed by atoms with Gasteiger partial charge < -0.3 is 15.0 Å². The van der Waals surface area contributed by atoms with Crippen LogP contribution in [0, 0.1) is 5.41 Å². The van der Waals surface area contributed by atoms with Crippen LogP contribution in [0.1, 0.15) is 13.3 Å². The highest BCUT2D eigenvalue weighted by Gasteiger charge is 2.42. The van der Waals surface area contributed by atoms with E-state index in [0.717, 1.165) is 0 Å². The molecule has 1 N–H and O–H groups in total. The van der Waals surface area contributed by atoms with Crippen molar-refractivity contribution in [1.82, 2.24) is 10.2 Å². The Bertz CT molecular complexity index is 299. The first-order valence-corrected chi connectivity index (χ1v) is 5.14. The Morgan fingerprint density at radius 1 is 1.60 bits per heavy atom. The van der Waals surface area contributed by atoms with Gasteiger partial charge in [0.05, 0.1) is 24.7 Å². The van der Waals surface area contributed by atoms with Gasteiger partial charge >= 0.3 is 0 Å². The maximum absolute atomic E-state index is 11.8. The van der Waals surface area contributed by atoms with Gasteiger partial charge in [0.2, 0.25) is 11.8 Å². The van der Waals surface area contributed by atoms with Gasteiger partial charge in [0.25, 0.3) is 0 Å². The summed E-state index contributed by atoms with van der Waals surface area (Å²) in [5.41, 5.74) is -0.385. The second kappa shape index (κ2) is 3.48. The van der Waals surface area contributed by atoms with Crippen molar-refractivity contribution in [3.05, 3.63) is 0 Å². The Labute approximate surface area is 88.8 Å². The molecular formula is C10H16N2O3. The smallest absolute Gasteiger partial charge is 0.230 e. The average molecular weight is 212 g/mol. The van der Waals surface area contributed by atoms with Crippen molar-refractivity contribution >= 4 is 11.8 Å². The van der Waals surface area contributed by atoms with Crippen LogP contribution in [0.4, 0.5) is 0 Å². The van der Waals surface area contributed by atoms with Crippen LogP contribution in [0.3, 0.4) is 0 Å². The van der Waals surface area contributed by atoms with Crippen LogP contribution in [0.25, 0.3) is 0 Å². The minimum Gasteiger partial charge on any atom is -0.379 e. The lowest BCUT2D eigenvalue weighted by Crippen LogP contribution is -2.54. The molecule has 0 aliphatic carbocycles. The number of hydrogen-bond donors (Lipinski definition) is 1. The van der Waals surface area contributed by atoms with Gasteiger partial charge in [0.1, 0.15) is 0 Å². The van der Waals surface area contributed by atoms with Crippen molar-refractivity contribution < 1.29 is 14.3 Å². The summed E-state index contributed by atoms with van der Waals surface area (Å²) in [5.74, 6) is 0.0946. The number of nitrogens with zero attached hydrogens (tertiary/aromatic N) is 1.